The van der Waals surface area contributed by atoms with E-state index in [1.165, 1.54) is 0 Å². The van der Waals surface area contributed by atoms with Gasteiger partial charge >= 0.3 is 0 Å². The van der Waals surface area contributed by atoms with Gasteiger partial charge in [-0.1, -0.05) is 41.9 Å². The van der Waals surface area contributed by atoms with Crippen LogP contribution in [0.25, 0.3) is 0 Å². The first-order chi connectivity index (χ1) is 12.6. The van der Waals surface area contributed by atoms with E-state index in [1.807, 2.05) is 48.5 Å². The minimum absolute atomic E-state index is 0.144. The molecule has 0 unspecified atom stereocenters. The Kier molecular flexibility index (Phi) is 4.19. The van der Waals surface area contributed by atoms with Crippen LogP contribution in [0, 0.1) is 0 Å². The summed E-state index contributed by atoms with van der Waals surface area (Å²) in [6.07, 6.45) is 0. The standard InChI is InChI=1S/C21H15ClN2O2/c22-15-7-5-14(6-8-15)13-24-19-4-2-1-3-18(19)20(21(24)26)23-16-9-11-17(25)12-10-16/h1-12,25H,13H2. The second-order valence-electron chi connectivity index (χ2n) is 6.01. The third kappa shape index (κ3) is 3.07. The molecule has 3 aromatic carbocycles. The van der Waals surface area contributed by atoms with Crippen LogP contribution in [0.15, 0.2) is 77.8 Å². The maximum Gasteiger partial charge on any atom is 0.277 e. The zero-order chi connectivity index (χ0) is 18.1. The van der Waals surface area contributed by atoms with Crippen LogP contribution in [-0.4, -0.2) is 16.7 Å². The van der Waals surface area contributed by atoms with Gasteiger partial charge in [-0.25, -0.2) is 4.99 Å². The number of carbonyl (C=O) groups excluding carboxylic acids is 1. The first-order valence-corrected chi connectivity index (χ1v) is 8.53. The van der Waals surface area contributed by atoms with Gasteiger partial charge in [-0.3, -0.25) is 4.79 Å². The molecule has 128 valence electrons. The molecule has 0 atom stereocenters. The molecule has 0 saturated heterocycles. The number of benzene rings is 3. The first kappa shape index (κ1) is 16.4. The molecule has 3 aromatic rings. The number of hydrogen-bond donors (Lipinski definition) is 1. The van der Waals surface area contributed by atoms with Gasteiger partial charge in [0.25, 0.3) is 5.91 Å². The van der Waals surface area contributed by atoms with E-state index in [0.717, 1.165) is 16.8 Å². The number of nitrogens with zero attached hydrogens (tertiary/aromatic N) is 2. The second-order valence-corrected chi connectivity index (χ2v) is 6.45. The predicted molar refractivity (Wildman–Crippen MR) is 103 cm³/mol. The molecule has 0 aliphatic carbocycles. The molecular formula is C21H15ClN2O2. The van der Waals surface area contributed by atoms with E-state index in [-0.39, 0.29) is 11.7 Å². The van der Waals surface area contributed by atoms with E-state index in [9.17, 15) is 9.90 Å². The lowest BCUT2D eigenvalue weighted by Crippen LogP contribution is -2.29. The molecule has 1 aliphatic heterocycles. The van der Waals surface area contributed by atoms with Gasteiger partial charge in [0.2, 0.25) is 0 Å². The lowest BCUT2D eigenvalue weighted by Gasteiger charge is -2.16. The molecule has 1 aliphatic rings. The highest BCUT2D eigenvalue weighted by atomic mass is 35.5. The summed E-state index contributed by atoms with van der Waals surface area (Å²) in [6.45, 7) is 0.446. The number of fused-ring (bicyclic) bond motifs is 1. The molecule has 0 bridgehead atoms. The Balaban J connectivity index is 1.72. The summed E-state index contributed by atoms with van der Waals surface area (Å²) >= 11 is 5.95. The topological polar surface area (TPSA) is 52.9 Å². The summed E-state index contributed by atoms with van der Waals surface area (Å²) in [7, 11) is 0. The molecule has 0 aromatic heterocycles. The van der Waals surface area contributed by atoms with Crippen molar-refractivity contribution in [3.8, 4) is 5.75 Å². The number of phenols is 1. The Morgan fingerprint density at radius 1 is 0.923 bits per heavy atom. The second kappa shape index (κ2) is 6.65. The summed E-state index contributed by atoms with van der Waals surface area (Å²) in [6, 6.07) is 21.5. The van der Waals surface area contributed by atoms with Crippen LogP contribution in [0.2, 0.25) is 5.02 Å². The van der Waals surface area contributed by atoms with Crippen molar-refractivity contribution in [3.63, 3.8) is 0 Å². The number of para-hydroxylation sites is 1. The zero-order valence-electron chi connectivity index (χ0n) is 13.8. The minimum Gasteiger partial charge on any atom is -0.508 e. The zero-order valence-corrected chi connectivity index (χ0v) is 14.5. The van der Waals surface area contributed by atoms with Crippen molar-refractivity contribution in [2.24, 2.45) is 4.99 Å². The SMILES string of the molecule is O=C1C(=Nc2ccc(O)cc2)c2ccccc2N1Cc1ccc(Cl)cc1. The summed E-state index contributed by atoms with van der Waals surface area (Å²) in [5, 5.41) is 10.1. The number of rotatable bonds is 3. The Hall–Kier alpha value is -3.11. The summed E-state index contributed by atoms with van der Waals surface area (Å²) < 4.78 is 0. The van der Waals surface area contributed by atoms with Gasteiger partial charge in [-0.05, 0) is 48.0 Å². The molecule has 1 amide bonds. The minimum atomic E-state index is -0.144. The van der Waals surface area contributed by atoms with E-state index >= 15 is 0 Å². The molecule has 5 heteroatoms. The largest absolute Gasteiger partial charge is 0.508 e. The van der Waals surface area contributed by atoms with Crippen molar-refractivity contribution in [2.75, 3.05) is 4.90 Å². The lowest BCUT2D eigenvalue weighted by molar-refractivity contribution is -0.112. The molecule has 1 heterocycles. The summed E-state index contributed by atoms with van der Waals surface area (Å²) in [4.78, 5) is 19.3. The first-order valence-electron chi connectivity index (χ1n) is 8.15. The average Bonchev–Trinajstić information content (AvgIpc) is 2.91. The Bertz CT molecular complexity index is 995. The van der Waals surface area contributed by atoms with Gasteiger partial charge in [0.05, 0.1) is 17.9 Å². The maximum atomic E-state index is 13.0. The van der Waals surface area contributed by atoms with Gasteiger partial charge < -0.3 is 10.0 Å². The molecule has 4 rings (SSSR count). The van der Waals surface area contributed by atoms with Crippen LogP contribution in [0.4, 0.5) is 11.4 Å². The normalized spacial score (nSPS) is 14.7. The van der Waals surface area contributed by atoms with E-state index in [2.05, 4.69) is 4.99 Å². The monoisotopic (exact) mass is 362 g/mol. The van der Waals surface area contributed by atoms with Crippen molar-refractivity contribution in [3.05, 3.63) is 88.9 Å². The van der Waals surface area contributed by atoms with Crippen molar-refractivity contribution < 1.29 is 9.90 Å². The third-order valence-electron chi connectivity index (χ3n) is 4.24. The number of amides is 1. The Morgan fingerprint density at radius 2 is 1.62 bits per heavy atom. The van der Waals surface area contributed by atoms with Crippen LogP contribution in [0.5, 0.6) is 5.75 Å². The average molecular weight is 363 g/mol. The lowest BCUT2D eigenvalue weighted by atomic mass is 10.1. The Labute approximate surface area is 156 Å². The predicted octanol–water partition coefficient (Wildman–Crippen LogP) is 4.71. The summed E-state index contributed by atoms with van der Waals surface area (Å²) in [5.74, 6) is 0.0192. The van der Waals surface area contributed by atoms with Crippen LogP contribution in [0.3, 0.4) is 0 Å². The molecule has 4 nitrogen and oxygen atoms in total. The molecule has 0 radical (unpaired) electrons. The fourth-order valence-corrected chi connectivity index (χ4v) is 3.08. The quantitative estimate of drug-likeness (QED) is 0.733. The van der Waals surface area contributed by atoms with Crippen LogP contribution in [0.1, 0.15) is 11.1 Å². The van der Waals surface area contributed by atoms with Gasteiger partial charge in [0.15, 0.2) is 0 Å². The number of aliphatic imine (C=N–C) groups is 1. The highest BCUT2D eigenvalue weighted by molar-refractivity contribution is 6.54. The van der Waals surface area contributed by atoms with Crippen LogP contribution < -0.4 is 4.90 Å². The molecule has 1 N–H and O–H groups in total. The fourth-order valence-electron chi connectivity index (χ4n) is 2.96. The summed E-state index contributed by atoms with van der Waals surface area (Å²) in [5.41, 5.74) is 3.66. The number of carbonyl (C=O) groups is 1. The number of hydrogen-bond acceptors (Lipinski definition) is 3. The molecular weight excluding hydrogens is 348 g/mol. The van der Waals surface area contributed by atoms with Crippen LogP contribution in [-0.2, 0) is 11.3 Å². The fraction of sp³-hybridized carbons (Fsp3) is 0.0476. The van der Waals surface area contributed by atoms with Crippen molar-refractivity contribution in [2.45, 2.75) is 6.54 Å². The molecule has 0 fully saturated rings. The van der Waals surface area contributed by atoms with Gasteiger partial charge in [-0.15, -0.1) is 0 Å². The van der Waals surface area contributed by atoms with E-state index < -0.39 is 0 Å². The number of halogens is 1. The van der Waals surface area contributed by atoms with Gasteiger partial charge in [-0.2, -0.15) is 0 Å². The van der Waals surface area contributed by atoms with Crippen LogP contribution >= 0.6 is 11.6 Å². The van der Waals surface area contributed by atoms with Crippen molar-refractivity contribution in [1.29, 1.82) is 0 Å². The maximum absolute atomic E-state index is 13.0. The van der Waals surface area contributed by atoms with E-state index in [4.69, 9.17) is 11.6 Å². The highest BCUT2D eigenvalue weighted by Gasteiger charge is 2.33. The van der Waals surface area contributed by atoms with E-state index in [1.54, 1.807) is 29.2 Å². The molecule has 0 saturated carbocycles. The third-order valence-corrected chi connectivity index (χ3v) is 4.49. The highest BCUT2D eigenvalue weighted by Crippen LogP contribution is 2.32. The molecule has 0 spiro atoms. The van der Waals surface area contributed by atoms with Gasteiger partial charge in [0, 0.05) is 10.6 Å². The van der Waals surface area contributed by atoms with Crippen molar-refractivity contribution in [1.82, 2.24) is 0 Å². The number of anilines is 1. The smallest absolute Gasteiger partial charge is 0.277 e. The number of phenolic OH excluding ortho intramolecular Hbond substituents is 1. The molecule has 26 heavy (non-hydrogen) atoms. The van der Waals surface area contributed by atoms with Gasteiger partial charge in [0.1, 0.15) is 11.5 Å². The van der Waals surface area contributed by atoms with Crippen molar-refractivity contribution >= 4 is 34.6 Å². The van der Waals surface area contributed by atoms with E-state index in [0.29, 0.717) is 23.0 Å². The number of aromatic hydroxyl groups is 1. The Morgan fingerprint density at radius 3 is 2.35 bits per heavy atom.